The summed E-state index contributed by atoms with van der Waals surface area (Å²) in [4.78, 5) is 23.5. The molecule has 2 aliphatic rings. The van der Waals surface area contributed by atoms with E-state index in [1.165, 1.54) is 6.07 Å². The van der Waals surface area contributed by atoms with Crippen LogP contribution in [0.4, 0.5) is 0 Å². The molecule has 1 aromatic heterocycles. The van der Waals surface area contributed by atoms with Crippen LogP contribution in [-0.4, -0.2) is 48.3 Å². The average Bonchev–Trinajstić information content (AvgIpc) is 3.46. The summed E-state index contributed by atoms with van der Waals surface area (Å²) in [5, 5.41) is 0. The summed E-state index contributed by atoms with van der Waals surface area (Å²) in [6.45, 7) is 3.07. The van der Waals surface area contributed by atoms with Crippen LogP contribution < -0.4 is 4.72 Å². The predicted octanol–water partition coefficient (Wildman–Crippen LogP) is 3.33. The first kappa shape index (κ1) is 20.2. The highest BCUT2D eigenvalue weighted by atomic mass is 32.2. The second kappa shape index (κ2) is 7.76. The van der Waals surface area contributed by atoms with E-state index >= 15 is 0 Å². The fraction of sp³-hybridized carbons (Fsp3) is 0.391. The molecule has 0 spiro atoms. The number of likely N-dealkylation sites (tertiary alicyclic amines) is 1. The number of carbonyl (C=O) groups excluding carboxylic acids is 1. The van der Waals surface area contributed by atoms with E-state index in [4.69, 9.17) is 4.98 Å². The lowest BCUT2D eigenvalue weighted by molar-refractivity contribution is 0.0704. The minimum atomic E-state index is -3.60. The molecule has 2 N–H and O–H groups in total. The van der Waals surface area contributed by atoms with E-state index in [1.54, 1.807) is 12.1 Å². The van der Waals surface area contributed by atoms with Gasteiger partial charge in [-0.3, -0.25) is 4.79 Å². The number of aryl methyl sites for hydroxylation is 1. The van der Waals surface area contributed by atoms with Gasteiger partial charge in [0.2, 0.25) is 10.0 Å². The third-order valence-corrected chi connectivity index (χ3v) is 7.67. The summed E-state index contributed by atoms with van der Waals surface area (Å²) in [5.74, 6) is 0.913. The standard InChI is InChI=1S/C23H26N4O3S/c1-15-8-11-18(31(29,30)26-17-9-10-17)13-19(15)23(28)27-12-4-5-16(14-27)22-24-20-6-2-3-7-21(20)25-22/h2-3,6-8,11,13,16-17,26H,4-5,9-10,12,14H2,1H3,(H,24,25). The summed E-state index contributed by atoms with van der Waals surface area (Å²) >= 11 is 0. The van der Waals surface area contributed by atoms with Crippen molar-refractivity contribution in [1.29, 1.82) is 0 Å². The number of imidazole rings is 1. The lowest BCUT2D eigenvalue weighted by Gasteiger charge is -2.32. The molecule has 7 nitrogen and oxygen atoms in total. The second-order valence-electron chi connectivity index (χ2n) is 8.60. The predicted molar refractivity (Wildman–Crippen MR) is 118 cm³/mol. The number of para-hydroxylation sites is 2. The van der Waals surface area contributed by atoms with Gasteiger partial charge in [-0.05, 0) is 62.4 Å². The molecule has 1 saturated carbocycles. The van der Waals surface area contributed by atoms with Gasteiger partial charge in [-0.2, -0.15) is 0 Å². The van der Waals surface area contributed by atoms with Gasteiger partial charge in [0.15, 0.2) is 0 Å². The number of rotatable bonds is 5. The van der Waals surface area contributed by atoms with Crippen LogP contribution in [0.25, 0.3) is 11.0 Å². The van der Waals surface area contributed by atoms with Gasteiger partial charge >= 0.3 is 0 Å². The second-order valence-corrected chi connectivity index (χ2v) is 10.3. The number of amides is 1. The number of fused-ring (bicyclic) bond motifs is 1. The Balaban J connectivity index is 1.38. The maximum absolute atomic E-state index is 13.4. The number of hydrogen-bond donors (Lipinski definition) is 2. The third-order valence-electron chi connectivity index (χ3n) is 6.15. The summed E-state index contributed by atoms with van der Waals surface area (Å²) in [7, 11) is -3.60. The van der Waals surface area contributed by atoms with Crippen LogP contribution in [0.3, 0.4) is 0 Å². The zero-order valence-electron chi connectivity index (χ0n) is 17.5. The molecule has 162 valence electrons. The van der Waals surface area contributed by atoms with Gasteiger partial charge in [-0.1, -0.05) is 18.2 Å². The number of nitrogens with one attached hydrogen (secondary N) is 2. The van der Waals surface area contributed by atoms with Gasteiger partial charge in [-0.15, -0.1) is 0 Å². The number of hydrogen-bond acceptors (Lipinski definition) is 4. The SMILES string of the molecule is Cc1ccc(S(=O)(=O)NC2CC2)cc1C(=O)N1CCCC(c2nc3ccccc3[nH]2)C1. The molecule has 5 rings (SSSR count). The molecule has 31 heavy (non-hydrogen) atoms. The van der Waals surface area contributed by atoms with E-state index < -0.39 is 10.0 Å². The van der Waals surface area contributed by atoms with Gasteiger partial charge in [0.25, 0.3) is 5.91 Å². The number of aromatic amines is 1. The Hall–Kier alpha value is -2.71. The van der Waals surface area contributed by atoms with Crippen LogP contribution in [0.1, 0.15) is 53.3 Å². The number of piperidine rings is 1. The zero-order chi connectivity index (χ0) is 21.6. The Bertz CT molecular complexity index is 1210. The molecule has 2 aromatic carbocycles. The fourth-order valence-corrected chi connectivity index (χ4v) is 5.54. The molecule has 3 aromatic rings. The van der Waals surface area contributed by atoms with E-state index in [-0.39, 0.29) is 22.8 Å². The molecule has 1 saturated heterocycles. The minimum Gasteiger partial charge on any atom is -0.342 e. The lowest BCUT2D eigenvalue weighted by atomic mass is 9.96. The van der Waals surface area contributed by atoms with Gasteiger partial charge < -0.3 is 9.88 Å². The van der Waals surface area contributed by atoms with Crippen LogP contribution >= 0.6 is 0 Å². The highest BCUT2D eigenvalue weighted by Gasteiger charge is 2.31. The van der Waals surface area contributed by atoms with Crippen molar-refractivity contribution in [2.45, 2.75) is 49.5 Å². The normalized spacial score (nSPS) is 19.6. The number of sulfonamides is 1. The van der Waals surface area contributed by atoms with Gasteiger partial charge in [0.05, 0.1) is 15.9 Å². The Morgan fingerprint density at radius 3 is 2.74 bits per heavy atom. The van der Waals surface area contributed by atoms with Crippen LogP contribution in [0.5, 0.6) is 0 Å². The maximum atomic E-state index is 13.4. The van der Waals surface area contributed by atoms with E-state index in [9.17, 15) is 13.2 Å². The van der Waals surface area contributed by atoms with Gasteiger partial charge in [0.1, 0.15) is 5.82 Å². The minimum absolute atomic E-state index is 0.0251. The van der Waals surface area contributed by atoms with Crippen molar-refractivity contribution >= 4 is 27.0 Å². The van der Waals surface area contributed by atoms with E-state index in [0.29, 0.717) is 18.7 Å². The topological polar surface area (TPSA) is 95.2 Å². The summed E-state index contributed by atoms with van der Waals surface area (Å²) in [6, 6.07) is 12.8. The summed E-state index contributed by atoms with van der Waals surface area (Å²) in [6.07, 6.45) is 3.58. The highest BCUT2D eigenvalue weighted by Crippen LogP contribution is 2.29. The number of H-pyrrole nitrogens is 1. The number of benzene rings is 2. The summed E-state index contributed by atoms with van der Waals surface area (Å²) in [5.41, 5.74) is 3.15. The molecule has 1 amide bonds. The average molecular weight is 439 g/mol. The number of carbonyl (C=O) groups is 1. The molecular formula is C23H26N4O3S. The van der Waals surface area contributed by atoms with Crippen molar-refractivity contribution in [2.75, 3.05) is 13.1 Å². The molecule has 0 radical (unpaired) electrons. The highest BCUT2D eigenvalue weighted by molar-refractivity contribution is 7.89. The van der Waals surface area contributed by atoms with E-state index in [1.807, 2.05) is 36.1 Å². The molecule has 0 bridgehead atoms. The van der Waals surface area contributed by atoms with Crippen LogP contribution in [0.15, 0.2) is 47.4 Å². The first-order chi connectivity index (χ1) is 14.9. The Kier molecular flexibility index (Phi) is 5.06. The Morgan fingerprint density at radius 2 is 1.97 bits per heavy atom. The van der Waals surface area contributed by atoms with Crippen molar-refractivity contribution in [1.82, 2.24) is 19.6 Å². The first-order valence-corrected chi connectivity index (χ1v) is 12.3. The van der Waals surface area contributed by atoms with Crippen molar-refractivity contribution in [3.63, 3.8) is 0 Å². The van der Waals surface area contributed by atoms with Crippen LogP contribution in [-0.2, 0) is 10.0 Å². The molecule has 1 atom stereocenters. The number of aromatic nitrogens is 2. The largest absolute Gasteiger partial charge is 0.342 e. The molecule has 1 aliphatic carbocycles. The fourth-order valence-electron chi connectivity index (χ4n) is 4.21. The zero-order valence-corrected chi connectivity index (χ0v) is 18.3. The van der Waals surface area contributed by atoms with Gasteiger partial charge in [-0.25, -0.2) is 18.1 Å². The van der Waals surface area contributed by atoms with Gasteiger partial charge in [0, 0.05) is 30.6 Å². The monoisotopic (exact) mass is 438 g/mol. The molecule has 2 heterocycles. The first-order valence-electron chi connectivity index (χ1n) is 10.8. The molecule has 1 aliphatic heterocycles. The molecular weight excluding hydrogens is 412 g/mol. The lowest BCUT2D eigenvalue weighted by Crippen LogP contribution is -2.39. The van der Waals surface area contributed by atoms with Crippen molar-refractivity contribution in [3.8, 4) is 0 Å². The third kappa shape index (κ3) is 4.09. The van der Waals surface area contributed by atoms with E-state index in [2.05, 4.69) is 9.71 Å². The molecule has 2 fully saturated rings. The van der Waals surface area contributed by atoms with Crippen LogP contribution in [0, 0.1) is 6.92 Å². The summed E-state index contributed by atoms with van der Waals surface area (Å²) < 4.78 is 27.9. The quantitative estimate of drug-likeness (QED) is 0.639. The molecule has 1 unspecified atom stereocenters. The van der Waals surface area contributed by atoms with Crippen molar-refractivity contribution in [3.05, 3.63) is 59.4 Å². The van der Waals surface area contributed by atoms with E-state index in [0.717, 1.165) is 48.1 Å². The van der Waals surface area contributed by atoms with Crippen molar-refractivity contribution < 1.29 is 13.2 Å². The smallest absolute Gasteiger partial charge is 0.254 e. The maximum Gasteiger partial charge on any atom is 0.254 e. The Morgan fingerprint density at radius 1 is 1.16 bits per heavy atom. The molecule has 8 heteroatoms. The van der Waals surface area contributed by atoms with Crippen LogP contribution in [0.2, 0.25) is 0 Å². The number of nitrogens with zero attached hydrogens (tertiary/aromatic N) is 2. The van der Waals surface area contributed by atoms with Crippen molar-refractivity contribution in [2.24, 2.45) is 0 Å². The Labute approximate surface area is 181 Å².